The summed E-state index contributed by atoms with van der Waals surface area (Å²) in [5.74, 6) is -0.807. The van der Waals surface area contributed by atoms with E-state index >= 15 is 0 Å². The number of carboxylic acid groups (broad SMARTS) is 1. The minimum Gasteiger partial charge on any atom is -0.481 e. The van der Waals surface area contributed by atoms with E-state index in [9.17, 15) is 4.79 Å². The molecule has 100 valence electrons. The molecule has 0 radical (unpaired) electrons. The van der Waals surface area contributed by atoms with Crippen LogP contribution in [-0.4, -0.2) is 51.6 Å². The van der Waals surface area contributed by atoms with Crippen molar-refractivity contribution in [1.29, 1.82) is 0 Å². The lowest BCUT2D eigenvalue weighted by Crippen LogP contribution is -2.43. The Morgan fingerprint density at radius 3 is 3.06 bits per heavy atom. The molecule has 1 saturated heterocycles. The lowest BCUT2D eigenvalue weighted by molar-refractivity contribution is -0.142. The van der Waals surface area contributed by atoms with E-state index < -0.39 is 5.97 Å². The van der Waals surface area contributed by atoms with Crippen LogP contribution in [0.1, 0.15) is 17.8 Å². The van der Waals surface area contributed by atoms with Gasteiger partial charge in [0.05, 0.1) is 30.5 Å². The topological polar surface area (TPSA) is 67.6 Å². The van der Waals surface area contributed by atoms with Crippen molar-refractivity contribution in [3.8, 4) is 0 Å². The van der Waals surface area contributed by atoms with Crippen molar-refractivity contribution in [2.24, 2.45) is 7.05 Å². The summed E-state index contributed by atoms with van der Waals surface area (Å²) in [6.07, 6.45) is -0.133. The number of hydrogen-bond donors (Lipinski definition) is 1. The molecule has 1 atom stereocenters. The third-order valence-electron chi connectivity index (χ3n) is 3.11. The first-order valence-corrected chi connectivity index (χ1v) is 6.10. The zero-order chi connectivity index (χ0) is 13.1. The van der Waals surface area contributed by atoms with E-state index in [-0.39, 0.29) is 12.5 Å². The second-order valence-electron chi connectivity index (χ2n) is 4.73. The molecule has 18 heavy (non-hydrogen) atoms. The van der Waals surface area contributed by atoms with Crippen molar-refractivity contribution < 1.29 is 14.6 Å². The predicted octanol–water partition coefficient (Wildman–Crippen LogP) is 0.404. The van der Waals surface area contributed by atoms with E-state index in [1.807, 2.05) is 18.7 Å². The number of rotatable bonds is 4. The number of aryl methyl sites for hydroxylation is 2. The summed E-state index contributed by atoms with van der Waals surface area (Å²) in [7, 11) is 1.93. The molecular weight excluding hydrogens is 234 g/mol. The Kier molecular flexibility index (Phi) is 3.98. The van der Waals surface area contributed by atoms with Crippen LogP contribution in [-0.2, 0) is 23.1 Å². The first-order chi connectivity index (χ1) is 8.54. The normalized spacial score (nSPS) is 21.1. The van der Waals surface area contributed by atoms with E-state index in [0.717, 1.165) is 24.5 Å². The van der Waals surface area contributed by atoms with Gasteiger partial charge in [-0.1, -0.05) is 0 Å². The zero-order valence-electron chi connectivity index (χ0n) is 10.8. The van der Waals surface area contributed by atoms with E-state index in [0.29, 0.717) is 13.2 Å². The van der Waals surface area contributed by atoms with Gasteiger partial charge in [-0.15, -0.1) is 0 Å². The summed E-state index contributed by atoms with van der Waals surface area (Å²) in [5.41, 5.74) is 2.14. The van der Waals surface area contributed by atoms with Gasteiger partial charge in [0.25, 0.3) is 0 Å². The summed E-state index contributed by atoms with van der Waals surface area (Å²) in [4.78, 5) is 12.9. The van der Waals surface area contributed by atoms with Crippen LogP contribution in [0.15, 0.2) is 6.07 Å². The lowest BCUT2D eigenvalue weighted by Gasteiger charge is -2.32. The summed E-state index contributed by atoms with van der Waals surface area (Å²) in [5, 5.41) is 13.1. The summed E-state index contributed by atoms with van der Waals surface area (Å²) in [6.45, 7) is 4.85. The Bertz CT molecular complexity index is 430. The van der Waals surface area contributed by atoms with Crippen molar-refractivity contribution >= 4 is 5.97 Å². The first-order valence-electron chi connectivity index (χ1n) is 6.10. The molecule has 2 heterocycles. The summed E-state index contributed by atoms with van der Waals surface area (Å²) in [6, 6.07) is 2.06. The molecule has 0 amide bonds. The van der Waals surface area contributed by atoms with E-state index in [1.54, 1.807) is 0 Å². The Morgan fingerprint density at radius 2 is 2.44 bits per heavy atom. The van der Waals surface area contributed by atoms with Gasteiger partial charge in [0, 0.05) is 26.7 Å². The molecule has 1 aromatic rings. The van der Waals surface area contributed by atoms with E-state index in [2.05, 4.69) is 16.1 Å². The predicted molar refractivity (Wildman–Crippen MR) is 65.2 cm³/mol. The quantitative estimate of drug-likeness (QED) is 0.841. The number of aliphatic carboxylic acids is 1. The Balaban J connectivity index is 1.93. The Hall–Kier alpha value is -1.40. The van der Waals surface area contributed by atoms with Crippen LogP contribution >= 0.6 is 0 Å². The first kappa shape index (κ1) is 13.0. The molecule has 1 N–H and O–H groups in total. The van der Waals surface area contributed by atoms with Crippen LogP contribution in [0.3, 0.4) is 0 Å². The van der Waals surface area contributed by atoms with Crippen molar-refractivity contribution in [2.75, 3.05) is 19.7 Å². The molecule has 1 unspecified atom stereocenters. The van der Waals surface area contributed by atoms with E-state index in [1.165, 1.54) is 0 Å². The maximum absolute atomic E-state index is 10.7. The second-order valence-corrected chi connectivity index (χ2v) is 4.73. The van der Waals surface area contributed by atoms with Crippen molar-refractivity contribution in [1.82, 2.24) is 14.7 Å². The molecule has 1 aliphatic heterocycles. The third-order valence-corrected chi connectivity index (χ3v) is 3.11. The average molecular weight is 253 g/mol. The summed E-state index contributed by atoms with van der Waals surface area (Å²) < 4.78 is 7.32. The van der Waals surface area contributed by atoms with Gasteiger partial charge in [0.1, 0.15) is 0 Å². The highest BCUT2D eigenvalue weighted by atomic mass is 16.5. The molecule has 6 nitrogen and oxygen atoms in total. The molecular formula is C12H19N3O3. The molecule has 1 aliphatic rings. The van der Waals surface area contributed by atoms with Crippen LogP contribution < -0.4 is 0 Å². The monoisotopic (exact) mass is 253 g/mol. The average Bonchev–Trinajstić information content (AvgIpc) is 2.57. The number of hydrogen-bond acceptors (Lipinski definition) is 4. The standard InChI is InChI=1S/C12H19N3O3/c1-9-5-10(14(2)13-9)7-15-3-4-18-11(8-15)6-12(16)17/h5,11H,3-4,6-8H2,1-2H3,(H,16,17). The van der Waals surface area contributed by atoms with Crippen LogP contribution in [0.4, 0.5) is 0 Å². The summed E-state index contributed by atoms with van der Waals surface area (Å²) >= 11 is 0. The Labute approximate surface area is 106 Å². The maximum Gasteiger partial charge on any atom is 0.306 e. The largest absolute Gasteiger partial charge is 0.481 e. The fraction of sp³-hybridized carbons (Fsp3) is 0.667. The number of carboxylic acids is 1. The fourth-order valence-corrected chi connectivity index (χ4v) is 2.28. The van der Waals surface area contributed by atoms with Gasteiger partial charge >= 0.3 is 5.97 Å². The number of carbonyl (C=O) groups is 1. The number of ether oxygens (including phenoxy) is 1. The fourth-order valence-electron chi connectivity index (χ4n) is 2.28. The zero-order valence-corrected chi connectivity index (χ0v) is 10.8. The van der Waals surface area contributed by atoms with E-state index in [4.69, 9.17) is 9.84 Å². The number of aromatic nitrogens is 2. The van der Waals surface area contributed by atoms with Gasteiger partial charge in [0.2, 0.25) is 0 Å². The molecule has 0 aromatic carbocycles. The van der Waals surface area contributed by atoms with Crippen molar-refractivity contribution in [2.45, 2.75) is 26.0 Å². The van der Waals surface area contributed by atoms with Crippen molar-refractivity contribution in [3.63, 3.8) is 0 Å². The van der Waals surface area contributed by atoms with Gasteiger partial charge in [-0.25, -0.2) is 0 Å². The maximum atomic E-state index is 10.7. The third kappa shape index (κ3) is 3.30. The Morgan fingerprint density at radius 1 is 1.67 bits per heavy atom. The van der Waals surface area contributed by atoms with Gasteiger partial charge in [-0.2, -0.15) is 5.10 Å². The number of nitrogens with zero attached hydrogens (tertiary/aromatic N) is 3. The SMILES string of the molecule is Cc1cc(CN2CCOC(CC(=O)O)C2)n(C)n1. The highest BCUT2D eigenvalue weighted by molar-refractivity contribution is 5.67. The molecule has 0 aliphatic carbocycles. The molecule has 1 aromatic heterocycles. The number of morpholine rings is 1. The van der Waals surface area contributed by atoms with Gasteiger partial charge in [-0.05, 0) is 13.0 Å². The highest BCUT2D eigenvalue weighted by Gasteiger charge is 2.23. The minimum absolute atomic E-state index is 0.0704. The molecule has 1 fully saturated rings. The van der Waals surface area contributed by atoms with Crippen LogP contribution in [0.25, 0.3) is 0 Å². The smallest absolute Gasteiger partial charge is 0.306 e. The molecule has 2 rings (SSSR count). The molecule has 0 saturated carbocycles. The van der Waals surface area contributed by atoms with Gasteiger partial charge < -0.3 is 9.84 Å². The second kappa shape index (κ2) is 5.49. The van der Waals surface area contributed by atoms with Crippen LogP contribution in [0.5, 0.6) is 0 Å². The molecule has 6 heteroatoms. The molecule has 0 bridgehead atoms. The van der Waals surface area contributed by atoms with Crippen molar-refractivity contribution in [3.05, 3.63) is 17.5 Å². The minimum atomic E-state index is -0.807. The molecule has 0 spiro atoms. The van der Waals surface area contributed by atoms with Gasteiger partial charge in [0.15, 0.2) is 0 Å². The van der Waals surface area contributed by atoms with Gasteiger partial charge in [-0.3, -0.25) is 14.4 Å². The highest BCUT2D eigenvalue weighted by Crippen LogP contribution is 2.13. The van der Waals surface area contributed by atoms with Crippen LogP contribution in [0, 0.1) is 6.92 Å². The van der Waals surface area contributed by atoms with Crippen LogP contribution in [0.2, 0.25) is 0 Å². The lowest BCUT2D eigenvalue weighted by atomic mass is 10.2.